The van der Waals surface area contributed by atoms with Gasteiger partial charge in [-0.25, -0.2) is 4.98 Å². The molecule has 1 heterocycles. The van der Waals surface area contributed by atoms with E-state index in [1.54, 1.807) is 32.2 Å². The van der Waals surface area contributed by atoms with Gasteiger partial charge in [-0.05, 0) is 84.7 Å². The van der Waals surface area contributed by atoms with E-state index in [0.717, 1.165) is 28.8 Å². The van der Waals surface area contributed by atoms with Gasteiger partial charge in [-0.1, -0.05) is 25.1 Å². The molecule has 3 aromatic carbocycles. The maximum absolute atomic E-state index is 12.3. The number of aromatic nitrogens is 1. The lowest BCUT2D eigenvalue weighted by Crippen LogP contribution is -2.32. The fraction of sp³-hybridized carbons (Fsp3) is 0.148. The van der Waals surface area contributed by atoms with Crippen LogP contribution in [0.15, 0.2) is 65.1 Å². The van der Waals surface area contributed by atoms with Gasteiger partial charge in [0.2, 0.25) is 11.8 Å². The number of ether oxygens (including phenoxy) is 1. The highest BCUT2D eigenvalue weighted by atomic mass is 32.1. The summed E-state index contributed by atoms with van der Waals surface area (Å²) < 4.78 is 11.0. The summed E-state index contributed by atoms with van der Waals surface area (Å²) in [6.45, 7) is 3.84. The van der Waals surface area contributed by atoms with Crippen LogP contribution in [0.1, 0.15) is 23.6 Å². The minimum atomic E-state index is -0.375. The first-order valence-corrected chi connectivity index (χ1v) is 11.4. The van der Waals surface area contributed by atoms with Crippen molar-refractivity contribution in [2.24, 2.45) is 0 Å². The molecule has 0 radical (unpaired) electrons. The summed E-state index contributed by atoms with van der Waals surface area (Å²) >= 11 is 5.30. The first kappa shape index (κ1) is 24.0. The first-order chi connectivity index (χ1) is 16.9. The molecule has 8 heteroatoms. The number of aryl methyl sites for hydroxylation is 2. The number of anilines is 1. The van der Waals surface area contributed by atoms with Crippen molar-refractivity contribution in [3.63, 3.8) is 0 Å². The van der Waals surface area contributed by atoms with E-state index in [9.17, 15) is 9.90 Å². The van der Waals surface area contributed by atoms with Gasteiger partial charge in [-0.3, -0.25) is 10.1 Å². The standard InChI is InChI=1S/C27H25N3O4S/c1-4-17-7-11-23-22(14-17)29-26(34-23)21-15-19(13-16(2)25(21)32)28-27(35)30-24(31)12-8-18-5-9-20(33-3)10-6-18/h5-15,32H,4H2,1-3H3,(H2,28,30,31,35). The van der Waals surface area contributed by atoms with E-state index in [2.05, 4.69) is 22.5 Å². The average Bonchev–Trinajstić information content (AvgIpc) is 3.28. The zero-order chi connectivity index (χ0) is 24.9. The van der Waals surface area contributed by atoms with Gasteiger partial charge in [-0.15, -0.1) is 0 Å². The summed E-state index contributed by atoms with van der Waals surface area (Å²) in [4.78, 5) is 16.8. The Labute approximate surface area is 208 Å². The van der Waals surface area contributed by atoms with Crippen molar-refractivity contribution in [2.75, 3.05) is 12.4 Å². The van der Waals surface area contributed by atoms with Crippen LogP contribution in [0.2, 0.25) is 0 Å². The normalized spacial score (nSPS) is 11.1. The maximum atomic E-state index is 12.3. The fourth-order valence-electron chi connectivity index (χ4n) is 3.53. The number of benzene rings is 3. The second kappa shape index (κ2) is 10.4. The highest BCUT2D eigenvalue weighted by molar-refractivity contribution is 7.80. The Morgan fingerprint density at radius 2 is 1.94 bits per heavy atom. The van der Waals surface area contributed by atoms with E-state index in [-0.39, 0.29) is 16.8 Å². The molecule has 1 aromatic heterocycles. The third-order valence-corrected chi connectivity index (χ3v) is 5.63. The maximum Gasteiger partial charge on any atom is 0.250 e. The van der Waals surface area contributed by atoms with E-state index < -0.39 is 0 Å². The number of carbonyl (C=O) groups excluding carboxylic acids is 1. The molecule has 4 rings (SSSR count). The number of thiocarbonyl (C=S) groups is 1. The van der Waals surface area contributed by atoms with Crippen LogP contribution in [0.25, 0.3) is 28.6 Å². The molecule has 0 aliphatic rings. The van der Waals surface area contributed by atoms with E-state index in [0.29, 0.717) is 28.3 Å². The number of nitrogens with zero attached hydrogens (tertiary/aromatic N) is 1. The van der Waals surface area contributed by atoms with Crippen LogP contribution in [0.4, 0.5) is 5.69 Å². The largest absolute Gasteiger partial charge is 0.507 e. The zero-order valence-corrected chi connectivity index (χ0v) is 20.4. The number of nitrogens with one attached hydrogen (secondary N) is 2. The number of hydrogen-bond acceptors (Lipinski definition) is 6. The van der Waals surface area contributed by atoms with Crippen LogP contribution >= 0.6 is 12.2 Å². The average molecular weight is 488 g/mol. The number of aromatic hydroxyl groups is 1. The number of carbonyl (C=O) groups is 1. The Kier molecular flexibility index (Phi) is 7.12. The van der Waals surface area contributed by atoms with Crippen LogP contribution in [-0.4, -0.2) is 28.2 Å². The van der Waals surface area contributed by atoms with Crippen LogP contribution < -0.4 is 15.4 Å². The van der Waals surface area contributed by atoms with Crippen molar-refractivity contribution < 1.29 is 19.1 Å². The van der Waals surface area contributed by atoms with Gasteiger partial charge in [-0.2, -0.15) is 0 Å². The lowest BCUT2D eigenvalue weighted by molar-refractivity contribution is -0.115. The molecule has 7 nitrogen and oxygen atoms in total. The Morgan fingerprint density at radius 3 is 2.66 bits per heavy atom. The Hall–Kier alpha value is -4.17. The fourth-order valence-corrected chi connectivity index (χ4v) is 3.74. The van der Waals surface area contributed by atoms with E-state index in [4.69, 9.17) is 21.4 Å². The third-order valence-electron chi connectivity index (χ3n) is 5.43. The SMILES string of the molecule is CCc1ccc2oc(-c3cc(NC(=S)NC(=O)C=Cc4ccc(OC)cc4)cc(C)c3O)nc2c1. The van der Waals surface area contributed by atoms with Crippen LogP contribution in [-0.2, 0) is 11.2 Å². The van der Waals surface area contributed by atoms with Gasteiger partial charge in [0.1, 0.15) is 17.0 Å². The number of phenols is 1. The Balaban J connectivity index is 1.48. The van der Waals surface area contributed by atoms with Gasteiger partial charge in [0.15, 0.2) is 10.7 Å². The zero-order valence-electron chi connectivity index (χ0n) is 19.6. The highest BCUT2D eigenvalue weighted by Crippen LogP contribution is 2.36. The predicted octanol–water partition coefficient (Wildman–Crippen LogP) is 5.61. The topological polar surface area (TPSA) is 96.6 Å². The molecular formula is C27H25N3O4S. The number of methoxy groups -OCH3 is 1. The van der Waals surface area contributed by atoms with E-state index in [1.165, 1.54) is 6.08 Å². The van der Waals surface area contributed by atoms with Crippen molar-refractivity contribution in [1.82, 2.24) is 10.3 Å². The van der Waals surface area contributed by atoms with Crippen molar-refractivity contribution in [3.8, 4) is 23.0 Å². The minimum Gasteiger partial charge on any atom is -0.507 e. The molecule has 35 heavy (non-hydrogen) atoms. The summed E-state index contributed by atoms with van der Waals surface area (Å²) in [5, 5.41) is 16.4. The van der Waals surface area contributed by atoms with Crippen molar-refractivity contribution >= 4 is 46.1 Å². The van der Waals surface area contributed by atoms with Gasteiger partial charge in [0.25, 0.3) is 0 Å². The molecule has 0 atom stereocenters. The molecule has 0 saturated carbocycles. The summed E-state index contributed by atoms with van der Waals surface area (Å²) in [5.41, 5.74) is 4.97. The number of phenolic OH excluding ortho intramolecular Hbond substituents is 1. The number of rotatable bonds is 6. The third kappa shape index (κ3) is 5.67. The van der Waals surface area contributed by atoms with Crippen LogP contribution in [0.5, 0.6) is 11.5 Å². The number of amides is 1. The number of oxazole rings is 1. The molecule has 0 saturated heterocycles. The predicted molar refractivity (Wildman–Crippen MR) is 142 cm³/mol. The highest BCUT2D eigenvalue weighted by Gasteiger charge is 2.16. The molecule has 178 valence electrons. The summed E-state index contributed by atoms with van der Waals surface area (Å²) in [7, 11) is 1.60. The van der Waals surface area contributed by atoms with Gasteiger partial charge >= 0.3 is 0 Å². The Morgan fingerprint density at radius 1 is 1.17 bits per heavy atom. The van der Waals surface area contributed by atoms with Crippen molar-refractivity contribution in [3.05, 3.63) is 77.4 Å². The molecule has 4 aromatic rings. The van der Waals surface area contributed by atoms with Gasteiger partial charge < -0.3 is 19.6 Å². The summed E-state index contributed by atoms with van der Waals surface area (Å²) in [6.07, 6.45) is 3.96. The molecule has 1 amide bonds. The molecule has 0 fully saturated rings. The molecule has 0 aliphatic heterocycles. The molecule has 0 bridgehead atoms. The van der Waals surface area contributed by atoms with Crippen LogP contribution in [0, 0.1) is 6.92 Å². The molecular weight excluding hydrogens is 462 g/mol. The van der Waals surface area contributed by atoms with Crippen LogP contribution in [0.3, 0.4) is 0 Å². The first-order valence-electron chi connectivity index (χ1n) is 11.0. The second-order valence-corrected chi connectivity index (χ2v) is 8.32. The van der Waals surface area contributed by atoms with E-state index in [1.807, 2.05) is 42.5 Å². The monoisotopic (exact) mass is 487 g/mol. The minimum absolute atomic E-state index is 0.0650. The van der Waals surface area contributed by atoms with Crippen molar-refractivity contribution in [1.29, 1.82) is 0 Å². The molecule has 0 aliphatic carbocycles. The lowest BCUT2D eigenvalue weighted by atomic mass is 10.1. The molecule has 0 spiro atoms. The van der Waals surface area contributed by atoms with Gasteiger partial charge in [0.05, 0.1) is 12.7 Å². The Bertz CT molecular complexity index is 1420. The summed E-state index contributed by atoms with van der Waals surface area (Å²) in [5.74, 6) is 0.730. The van der Waals surface area contributed by atoms with E-state index >= 15 is 0 Å². The van der Waals surface area contributed by atoms with Gasteiger partial charge in [0, 0.05) is 11.8 Å². The number of fused-ring (bicyclic) bond motifs is 1. The smallest absolute Gasteiger partial charge is 0.250 e. The summed E-state index contributed by atoms with van der Waals surface area (Å²) in [6, 6.07) is 16.6. The quantitative estimate of drug-likeness (QED) is 0.185. The molecule has 3 N–H and O–H groups in total. The molecule has 0 unspecified atom stereocenters. The lowest BCUT2D eigenvalue weighted by Gasteiger charge is -2.12. The number of hydrogen-bond donors (Lipinski definition) is 3. The second-order valence-electron chi connectivity index (χ2n) is 7.91. The van der Waals surface area contributed by atoms with Crippen molar-refractivity contribution in [2.45, 2.75) is 20.3 Å².